The summed E-state index contributed by atoms with van der Waals surface area (Å²) in [6, 6.07) is 4.04. The van der Waals surface area contributed by atoms with E-state index in [1.807, 2.05) is 6.92 Å². The molecule has 1 atom stereocenters. The van der Waals surface area contributed by atoms with Crippen molar-refractivity contribution >= 4 is 22.9 Å². The second-order valence-corrected chi connectivity index (χ2v) is 5.74. The summed E-state index contributed by atoms with van der Waals surface area (Å²) in [4.78, 5) is -0.251. The SMILES string of the molecule is CC(C)CC(C)Nc1ccc(C(N)=S)c(C(F)(F)F)c1. The number of hydrogen-bond donors (Lipinski definition) is 2. The quantitative estimate of drug-likeness (QED) is 0.801. The van der Waals surface area contributed by atoms with Crippen molar-refractivity contribution in [2.75, 3.05) is 5.32 Å². The van der Waals surface area contributed by atoms with Crippen molar-refractivity contribution in [2.24, 2.45) is 11.7 Å². The van der Waals surface area contributed by atoms with Crippen LogP contribution in [-0.4, -0.2) is 11.0 Å². The van der Waals surface area contributed by atoms with Crippen LogP contribution in [0.2, 0.25) is 0 Å². The van der Waals surface area contributed by atoms with E-state index in [4.69, 9.17) is 5.73 Å². The van der Waals surface area contributed by atoms with Crippen LogP contribution in [0, 0.1) is 5.92 Å². The van der Waals surface area contributed by atoms with E-state index in [0.717, 1.165) is 12.5 Å². The highest BCUT2D eigenvalue weighted by Gasteiger charge is 2.34. The number of alkyl halides is 3. The van der Waals surface area contributed by atoms with E-state index in [2.05, 4.69) is 31.4 Å². The van der Waals surface area contributed by atoms with E-state index in [0.29, 0.717) is 11.6 Å². The molecule has 2 nitrogen and oxygen atoms in total. The zero-order chi connectivity index (χ0) is 15.5. The summed E-state index contributed by atoms with van der Waals surface area (Å²) in [5.74, 6) is 0.468. The van der Waals surface area contributed by atoms with Gasteiger partial charge in [0.15, 0.2) is 0 Å². The van der Waals surface area contributed by atoms with Crippen molar-refractivity contribution in [2.45, 2.75) is 39.4 Å². The smallest absolute Gasteiger partial charge is 0.389 e. The van der Waals surface area contributed by atoms with Crippen molar-refractivity contribution in [3.8, 4) is 0 Å². The number of anilines is 1. The molecule has 1 aromatic rings. The van der Waals surface area contributed by atoms with E-state index < -0.39 is 11.7 Å². The van der Waals surface area contributed by atoms with Gasteiger partial charge in [0, 0.05) is 17.3 Å². The molecule has 20 heavy (non-hydrogen) atoms. The first kappa shape index (κ1) is 16.8. The molecule has 6 heteroatoms. The highest BCUT2D eigenvalue weighted by Crippen LogP contribution is 2.34. The van der Waals surface area contributed by atoms with Crippen LogP contribution < -0.4 is 11.1 Å². The molecular weight excluding hydrogens is 285 g/mol. The number of nitrogens with one attached hydrogen (secondary N) is 1. The Morgan fingerprint density at radius 1 is 1.30 bits per heavy atom. The van der Waals surface area contributed by atoms with Gasteiger partial charge < -0.3 is 11.1 Å². The fourth-order valence-electron chi connectivity index (χ4n) is 2.13. The Hall–Kier alpha value is -1.30. The molecule has 1 aromatic carbocycles. The molecule has 0 aliphatic carbocycles. The molecular formula is C14H19F3N2S. The predicted octanol–water partition coefficient (Wildman–Crippen LogP) is 4.19. The second-order valence-electron chi connectivity index (χ2n) is 5.30. The normalized spacial score (nSPS) is 13.3. The van der Waals surface area contributed by atoms with E-state index in [-0.39, 0.29) is 16.6 Å². The molecule has 0 amide bonds. The molecule has 0 aromatic heterocycles. The van der Waals surface area contributed by atoms with Gasteiger partial charge in [0.1, 0.15) is 4.99 Å². The van der Waals surface area contributed by atoms with Crippen LogP contribution in [0.4, 0.5) is 18.9 Å². The van der Waals surface area contributed by atoms with Crippen LogP contribution >= 0.6 is 12.2 Å². The minimum Gasteiger partial charge on any atom is -0.389 e. The Morgan fingerprint density at radius 2 is 1.90 bits per heavy atom. The molecule has 0 aliphatic heterocycles. The molecule has 0 spiro atoms. The van der Waals surface area contributed by atoms with Crippen LogP contribution in [0.3, 0.4) is 0 Å². The molecule has 0 radical (unpaired) electrons. The molecule has 3 N–H and O–H groups in total. The van der Waals surface area contributed by atoms with Crippen molar-refractivity contribution in [1.82, 2.24) is 0 Å². The number of thiocarbonyl (C=S) groups is 1. The van der Waals surface area contributed by atoms with Gasteiger partial charge in [-0.15, -0.1) is 0 Å². The largest absolute Gasteiger partial charge is 0.417 e. The maximum atomic E-state index is 13.0. The first-order valence-electron chi connectivity index (χ1n) is 6.39. The monoisotopic (exact) mass is 304 g/mol. The van der Waals surface area contributed by atoms with Gasteiger partial charge in [0.25, 0.3) is 0 Å². The average Bonchev–Trinajstić information content (AvgIpc) is 2.25. The lowest BCUT2D eigenvalue weighted by atomic mass is 10.0. The summed E-state index contributed by atoms with van der Waals surface area (Å²) < 4.78 is 39.0. The number of halogens is 3. The first-order chi connectivity index (χ1) is 9.11. The fraction of sp³-hybridized carbons (Fsp3) is 0.500. The van der Waals surface area contributed by atoms with E-state index in [1.54, 1.807) is 6.07 Å². The summed E-state index contributed by atoms with van der Waals surface area (Å²) >= 11 is 4.66. The highest BCUT2D eigenvalue weighted by molar-refractivity contribution is 7.80. The third-order valence-corrected chi connectivity index (χ3v) is 3.05. The molecule has 0 heterocycles. The Bertz CT molecular complexity index is 484. The van der Waals surface area contributed by atoms with Gasteiger partial charge in [-0.1, -0.05) is 26.1 Å². The lowest BCUT2D eigenvalue weighted by molar-refractivity contribution is -0.137. The standard InChI is InChI=1S/C14H19F3N2S/c1-8(2)6-9(3)19-10-4-5-11(13(18)20)12(7-10)14(15,16)17/h4-5,7-9,19H,6H2,1-3H3,(H2,18,20). The Morgan fingerprint density at radius 3 is 2.35 bits per heavy atom. The average molecular weight is 304 g/mol. The summed E-state index contributed by atoms with van der Waals surface area (Å²) in [7, 11) is 0. The van der Waals surface area contributed by atoms with E-state index >= 15 is 0 Å². The van der Waals surface area contributed by atoms with Crippen molar-refractivity contribution in [1.29, 1.82) is 0 Å². The first-order valence-corrected chi connectivity index (χ1v) is 6.79. The van der Waals surface area contributed by atoms with Crippen LogP contribution in [0.5, 0.6) is 0 Å². The van der Waals surface area contributed by atoms with Gasteiger partial charge in [-0.3, -0.25) is 0 Å². The second kappa shape index (κ2) is 6.43. The molecule has 1 unspecified atom stereocenters. The maximum absolute atomic E-state index is 13.0. The zero-order valence-electron chi connectivity index (χ0n) is 11.7. The summed E-state index contributed by atoms with van der Waals surface area (Å²) in [6.07, 6.45) is -3.60. The topological polar surface area (TPSA) is 38.0 Å². The van der Waals surface area contributed by atoms with E-state index in [9.17, 15) is 13.2 Å². The summed E-state index contributed by atoms with van der Waals surface area (Å²) in [5.41, 5.74) is 4.82. The van der Waals surface area contributed by atoms with Crippen molar-refractivity contribution < 1.29 is 13.2 Å². The fourth-order valence-corrected chi connectivity index (χ4v) is 2.31. The third-order valence-electron chi connectivity index (χ3n) is 2.83. The number of nitrogens with two attached hydrogens (primary N) is 1. The molecule has 0 saturated heterocycles. The minimum atomic E-state index is -4.47. The van der Waals surface area contributed by atoms with Gasteiger partial charge >= 0.3 is 6.18 Å². The zero-order valence-corrected chi connectivity index (χ0v) is 12.5. The number of hydrogen-bond acceptors (Lipinski definition) is 2. The van der Waals surface area contributed by atoms with Gasteiger partial charge in [-0.25, -0.2) is 0 Å². The van der Waals surface area contributed by atoms with Gasteiger partial charge in [0.05, 0.1) is 5.56 Å². The van der Waals surface area contributed by atoms with Gasteiger partial charge in [-0.2, -0.15) is 13.2 Å². The summed E-state index contributed by atoms with van der Waals surface area (Å²) in [6.45, 7) is 6.07. The minimum absolute atomic E-state index is 0.0896. The molecule has 0 bridgehead atoms. The van der Waals surface area contributed by atoms with Gasteiger partial charge in [0.2, 0.25) is 0 Å². The number of benzene rings is 1. The summed E-state index contributed by atoms with van der Waals surface area (Å²) in [5, 5.41) is 3.07. The van der Waals surface area contributed by atoms with Crippen molar-refractivity contribution in [3.05, 3.63) is 29.3 Å². The van der Waals surface area contributed by atoms with Crippen LogP contribution in [-0.2, 0) is 6.18 Å². The van der Waals surface area contributed by atoms with Crippen molar-refractivity contribution in [3.63, 3.8) is 0 Å². The van der Waals surface area contributed by atoms with E-state index in [1.165, 1.54) is 6.07 Å². The molecule has 112 valence electrons. The maximum Gasteiger partial charge on any atom is 0.417 e. The molecule has 0 saturated carbocycles. The molecule has 0 aliphatic rings. The Kier molecular flexibility index (Phi) is 5.39. The van der Waals surface area contributed by atoms with Crippen LogP contribution in [0.15, 0.2) is 18.2 Å². The number of rotatable bonds is 5. The predicted molar refractivity (Wildman–Crippen MR) is 79.9 cm³/mol. The Balaban J connectivity index is 3.04. The molecule has 0 fully saturated rings. The van der Waals surface area contributed by atoms with Gasteiger partial charge in [-0.05, 0) is 37.5 Å². The third kappa shape index (κ3) is 4.67. The highest BCUT2D eigenvalue weighted by atomic mass is 32.1. The Labute approximate surface area is 122 Å². The lowest BCUT2D eigenvalue weighted by Crippen LogP contribution is -2.20. The van der Waals surface area contributed by atoms with Crippen LogP contribution in [0.1, 0.15) is 38.3 Å². The molecule has 1 rings (SSSR count). The van der Waals surface area contributed by atoms with Crippen LogP contribution in [0.25, 0.3) is 0 Å². The lowest BCUT2D eigenvalue weighted by Gasteiger charge is -2.19.